The lowest BCUT2D eigenvalue weighted by Gasteiger charge is -2.27. The molecule has 1 fully saturated rings. The van der Waals surface area contributed by atoms with Crippen LogP contribution in [0.3, 0.4) is 0 Å². The van der Waals surface area contributed by atoms with Crippen LogP contribution >= 0.6 is 12.2 Å². The van der Waals surface area contributed by atoms with Gasteiger partial charge in [0.2, 0.25) is 0 Å². The molecular formula is C15H20N2OS. The third kappa shape index (κ3) is 3.32. The molecule has 1 saturated carbocycles. The van der Waals surface area contributed by atoms with Crippen LogP contribution in [0.25, 0.3) is 0 Å². The molecule has 102 valence electrons. The van der Waals surface area contributed by atoms with Crippen molar-refractivity contribution in [2.45, 2.75) is 45.6 Å². The summed E-state index contributed by atoms with van der Waals surface area (Å²) < 4.78 is 0. The molecule has 2 rings (SSSR count). The van der Waals surface area contributed by atoms with E-state index in [9.17, 15) is 4.79 Å². The molecule has 1 amide bonds. The molecule has 0 heterocycles. The molecule has 1 aliphatic rings. The van der Waals surface area contributed by atoms with Gasteiger partial charge in [0, 0.05) is 11.7 Å². The van der Waals surface area contributed by atoms with Gasteiger partial charge in [0.25, 0.3) is 5.91 Å². The van der Waals surface area contributed by atoms with E-state index in [4.69, 9.17) is 12.2 Å². The van der Waals surface area contributed by atoms with E-state index in [1.807, 2.05) is 25.1 Å². The van der Waals surface area contributed by atoms with Gasteiger partial charge in [0.05, 0.1) is 0 Å². The number of nitrogens with one attached hydrogen (secondary N) is 2. The molecule has 0 atom stereocenters. The number of hydrogen-bond acceptors (Lipinski definition) is 2. The molecular weight excluding hydrogens is 256 g/mol. The van der Waals surface area contributed by atoms with Gasteiger partial charge in [-0.05, 0) is 43.7 Å². The Morgan fingerprint density at radius 1 is 1.42 bits per heavy atom. The fourth-order valence-corrected chi connectivity index (χ4v) is 2.39. The number of thiocarbonyl (C=S) groups is 1. The first-order valence-electron chi connectivity index (χ1n) is 6.82. The van der Waals surface area contributed by atoms with Crippen LogP contribution in [0.15, 0.2) is 18.2 Å². The molecule has 1 aromatic carbocycles. The monoisotopic (exact) mass is 276 g/mol. The molecule has 0 saturated heterocycles. The first-order valence-corrected chi connectivity index (χ1v) is 7.23. The summed E-state index contributed by atoms with van der Waals surface area (Å²) >= 11 is 5.15. The second kappa shape index (κ2) is 6.15. The number of amides is 1. The third-order valence-corrected chi connectivity index (χ3v) is 3.93. The van der Waals surface area contributed by atoms with Crippen molar-refractivity contribution in [1.29, 1.82) is 0 Å². The highest BCUT2D eigenvalue weighted by atomic mass is 32.1. The molecule has 1 aromatic rings. The van der Waals surface area contributed by atoms with Crippen molar-refractivity contribution in [3.8, 4) is 0 Å². The molecule has 0 aliphatic heterocycles. The smallest absolute Gasteiger partial charge is 0.283 e. The van der Waals surface area contributed by atoms with E-state index in [2.05, 4.69) is 17.6 Å². The van der Waals surface area contributed by atoms with E-state index in [-0.39, 0.29) is 5.91 Å². The largest absolute Gasteiger partial charge is 0.369 e. The van der Waals surface area contributed by atoms with Crippen LogP contribution in [0.4, 0.5) is 5.69 Å². The lowest BCUT2D eigenvalue weighted by molar-refractivity contribution is -0.110. The number of carbonyl (C=O) groups is 1. The molecule has 3 nitrogen and oxygen atoms in total. The second-order valence-corrected chi connectivity index (χ2v) is 5.43. The molecule has 0 unspecified atom stereocenters. The zero-order chi connectivity index (χ0) is 13.8. The van der Waals surface area contributed by atoms with Crippen molar-refractivity contribution in [3.63, 3.8) is 0 Å². The van der Waals surface area contributed by atoms with Crippen molar-refractivity contribution >= 4 is 28.8 Å². The Kier molecular flexibility index (Phi) is 4.53. The number of carbonyl (C=O) groups excluding carboxylic acids is 1. The Balaban J connectivity index is 2.03. The summed E-state index contributed by atoms with van der Waals surface area (Å²) in [6.45, 7) is 4.08. The van der Waals surface area contributed by atoms with Crippen LogP contribution in [-0.4, -0.2) is 16.9 Å². The Labute approximate surface area is 119 Å². The second-order valence-electron chi connectivity index (χ2n) is 5.02. The Bertz CT molecular complexity index is 495. The zero-order valence-electron chi connectivity index (χ0n) is 11.5. The summed E-state index contributed by atoms with van der Waals surface area (Å²) in [4.78, 5) is 12.4. The number of hydrogen-bond donors (Lipinski definition) is 2. The van der Waals surface area contributed by atoms with E-state index >= 15 is 0 Å². The van der Waals surface area contributed by atoms with Crippen LogP contribution < -0.4 is 10.6 Å². The topological polar surface area (TPSA) is 41.1 Å². The zero-order valence-corrected chi connectivity index (χ0v) is 12.3. The van der Waals surface area contributed by atoms with E-state index < -0.39 is 0 Å². The maximum Gasteiger partial charge on any atom is 0.283 e. The highest BCUT2D eigenvalue weighted by molar-refractivity contribution is 7.82. The minimum Gasteiger partial charge on any atom is -0.369 e. The maximum absolute atomic E-state index is 12.1. The van der Waals surface area contributed by atoms with Gasteiger partial charge in [-0.3, -0.25) is 4.79 Å². The first kappa shape index (κ1) is 14.0. The molecule has 0 aromatic heterocycles. The lowest BCUT2D eigenvalue weighted by atomic mass is 9.93. The van der Waals surface area contributed by atoms with Crippen LogP contribution in [0.5, 0.6) is 0 Å². The van der Waals surface area contributed by atoms with E-state index in [1.165, 1.54) is 6.42 Å². The van der Waals surface area contributed by atoms with E-state index in [0.717, 1.165) is 36.1 Å². The molecule has 19 heavy (non-hydrogen) atoms. The molecule has 0 spiro atoms. The summed E-state index contributed by atoms with van der Waals surface area (Å²) in [5.74, 6) is -0.203. The summed E-state index contributed by atoms with van der Waals surface area (Å²) in [7, 11) is 0. The summed E-state index contributed by atoms with van der Waals surface area (Å²) in [6, 6.07) is 6.43. The van der Waals surface area contributed by atoms with E-state index in [1.54, 1.807) is 0 Å². The van der Waals surface area contributed by atoms with Crippen LogP contribution in [0, 0.1) is 6.92 Å². The first-order chi connectivity index (χ1) is 9.11. The molecule has 4 heteroatoms. The Hall–Kier alpha value is -1.42. The highest BCUT2D eigenvalue weighted by Crippen LogP contribution is 2.21. The standard InChI is InChI=1S/C15H20N2OS/c1-3-11-7-4-6-10(2)13(11)17-14(18)15(19)16-12-8-5-9-12/h4,6-7,12H,3,5,8-9H2,1-2H3,(H,16,19)(H,17,18). The van der Waals surface area contributed by atoms with Gasteiger partial charge in [0.15, 0.2) is 4.99 Å². The fourth-order valence-electron chi connectivity index (χ4n) is 2.18. The Morgan fingerprint density at radius 3 is 2.74 bits per heavy atom. The SMILES string of the molecule is CCc1cccc(C)c1NC(=O)C(=S)NC1CCC1. The number of rotatable bonds is 3. The average Bonchev–Trinajstić information content (AvgIpc) is 2.35. The Morgan fingerprint density at radius 2 is 2.16 bits per heavy atom. The van der Waals surface area contributed by atoms with Crippen LogP contribution in [0.1, 0.15) is 37.3 Å². The predicted molar refractivity (Wildman–Crippen MR) is 82.6 cm³/mol. The number of aryl methyl sites for hydroxylation is 2. The van der Waals surface area contributed by atoms with Crippen molar-refractivity contribution in [2.75, 3.05) is 5.32 Å². The number of benzene rings is 1. The van der Waals surface area contributed by atoms with Gasteiger partial charge < -0.3 is 10.6 Å². The summed E-state index contributed by atoms with van der Waals surface area (Å²) in [5, 5.41) is 6.05. The number of anilines is 1. The van der Waals surface area contributed by atoms with Gasteiger partial charge in [-0.1, -0.05) is 37.3 Å². The summed E-state index contributed by atoms with van der Waals surface area (Å²) in [5.41, 5.74) is 3.10. The van der Waals surface area contributed by atoms with Crippen LogP contribution in [-0.2, 0) is 11.2 Å². The molecule has 2 N–H and O–H groups in total. The quantitative estimate of drug-likeness (QED) is 0.834. The lowest BCUT2D eigenvalue weighted by Crippen LogP contribution is -2.43. The minimum absolute atomic E-state index is 0.203. The molecule has 0 radical (unpaired) electrons. The van der Waals surface area contributed by atoms with Crippen LogP contribution in [0.2, 0.25) is 0 Å². The van der Waals surface area contributed by atoms with Gasteiger partial charge >= 0.3 is 0 Å². The van der Waals surface area contributed by atoms with Gasteiger partial charge in [-0.2, -0.15) is 0 Å². The third-order valence-electron chi connectivity index (χ3n) is 3.63. The van der Waals surface area contributed by atoms with Crippen molar-refractivity contribution < 1.29 is 4.79 Å². The summed E-state index contributed by atoms with van der Waals surface area (Å²) in [6.07, 6.45) is 4.33. The maximum atomic E-state index is 12.1. The van der Waals surface area contributed by atoms with Gasteiger partial charge in [0.1, 0.15) is 0 Å². The molecule has 1 aliphatic carbocycles. The van der Waals surface area contributed by atoms with Crippen molar-refractivity contribution in [1.82, 2.24) is 5.32 Å². The van der Waals surface area contributed by atoms with Crippen molar-refractivity contribution in [2.24, 2.45) is 0 Å². The van der Waals surface area contributed by atoms with Crippen molar-refractivity contribution in [3.05, 3.63) is 29.3 Å². The van der Waals surface area contributed by atoms with Gasteiger partial charge in [-0.25, -0.2) is 0 Å². The normalized spacial score (nSPS) is 14.6. The van der Waals surface area contributed by atoms with Gasteiger partial charge in [-0.15, -0.1) is 0 Å². The fraction of sp³-hybridized carbons (Fsp3) is 0.467. The number of para-hydroxylation sites is 1. The highest BCUT2D eigenvalue weighted by Gasteiger charge is 2.21. The minimum atomic E-state index is -0.203. The molecule has 0 bridgehead atoms. The average molecular weight is 276 g/mol. The predicted octanol–water partition coefficient (Wildman–Crippen LogP) is 2.97. The van der Waals surface area contributed by atoms with E-state index in [0.29, 0.717) is 11.0 Å².